The number of carbonyl (C=O) groups excluding carboxylic acids is 1. The van der Waals surface area contributed by atoms with E-state index in [2.05, 4.69) is 22.4 Å². The number of amides is 1. The molecule has 0 fully saturated rings. The van der Waals surface area contributed by atoms with E-state index in [9.17, 15) is 4.79 Å². The minimum atomic E-state index is -0.253. The normalized spacial score (nSPS) is 10.4. The number of ether oxygens (including phenoxy) is 2. The van der Waals surface area contributed by atoms with E-state index >= 15 is 0 Å². The molecule has 0 saturated heterocycles. The Morgan fingerprint density at radius 3 is 2.38 bits per heavy atom. The predicted molar refractivity (Wildman–Crippen MR) is 102 cm³/mol. The summed E-state index contributed by atoms with van der Waals surface area (Å²) in [5.41, 5.74) is 2.44. The van der Waals surface area contributed by atoms with Crippen LogP contribution in [0.2, 0.25) is 0 Å². The van der Waals surface area contributed by atoms with Crippen molar-refractivity contribution in [3.05, 3.63) is 75.7 Å². The SMILES string of the molecule is COc1cccc(OC)c1C(=O)NCc1csc(Cc2ccccc2)n1. The van der Waals surface area contributed by atoms with Crippen LogP contribution in [0.4, 0.5) is 0 Å². The first-order valence-corrected chi connectivity index (χ1v) is 9.05. The lowest BCUT2D eigenvalue weighted by molar-refractivity contribution is 0.0944. The second-order valence-electron chi connectivity index (χ2n) is 5.62. The second kappa shape index (κ2) is 8.49. The van der Waals surface area contributed by atoms with Crippen molar-refractivity contribution in [1.82, 2.24) is 10.3 Å². The molecule has 0 saturated carbocycles. The topological polar surface area (TPSA) is 60.5 Å². The molecule has 134 valence electrons. The number of carbonyl (C=O) groups is 1. The van der Waals surface area contributed by atoms with Crippen LogP contribution >= 0.6 is 11.3 Å². The van der Waals surface area contributed by atoms with Gasteiger partial charge in [-0.2, -0.15) is 0 Å². The van der Waals surface area contributed by atoms with Gasteiger partial charge in [-0.25, -0.2) is 4.98 Å². The highest BCUT2D eigenvalue weighted by Crippen LogP contribution is 2.28. The zero-order valence-corrected chi connectivity index (χ0v) is 15.5. The Labute approximate surface area is 156 Å². The van der Waals surface area contributed by atoms with E-state index in [1.54, 1.807) is 29.5 Å². The maximum Gasteiger partial charge on any atom is 0.259 e. The molecule has 2 aromatic carbocycles. The van der Waals surface area contributed by atoms with E-state index in [1.807, 2.05) is 23.6 Å². The average molecular weight is 368 g/mol. The molecular formula is C20H20N2O3S. The van der Waals surface area contributed by atoms with Crippen molar-refractivity contribution in [2.45, 2.75) is 13.0 Å². The van der Waals surface area contributed by atoms with Gasteiger partial charge in [0.15, 0.2) is 0 Å². The van der Waals surface area contributed by atoms with Crippen LogP contribution in [-0.2, 0) is 13.0 Å². The first-order valence-electron chi connectivity index (χ1n) is 8.17. The van der Waals surface area contributed by atoms with Crippen LogP contribution in [-0.4, -0.2) is 25.1 Å². The molecule has 1 aromatic heterocycles. The number of nitrogens with one attached hydrogen (secondary N) is 1. The van der Waals surface area contributed by atoms with Crippen molar-refractivity contribution < 1.29 is 14.3 Å². The van der Waals surface area contributed by atoms with Crippen LogP contribution in [0.15, 0.2) is 53.9 Å². The third-order valence-electron chi connectivity index (χ3n) is 3.88. The predicted octanol–water partition coefficient (Wildman–Crippen LogP) is 3.68. The quantitative estimate of drug-likeness (QED) is 0.691. The third kappa shape index (κ3) is 4.21. The summed E-state index contributed by atoms with van der Waals surface area (Å²) in [7, 11) is 3.06. The minimum Gasteiger partial charge on any atom is -0.496 e. The number of rotatable bonds is 7. The fourth-order valence-corrected chi connectivity index (χ4v) is 3.44. The number of hydrogen-bond donors (Lipinski definition) is 1. The van der Waals surface area contributed by atoms with E-state index in [0.717, 1.165) is 17.1 Å². The molecule has 0 aliphatic rings. The highest BCUT2D eigenvalue weighted by atomic mass is 32.1. The van der Waals surface area contributed by atoms with E-state index in [4.69, 9.17) is 9.47 Å². The molecule has 1 amide bonds. The van der Waals surface area contributed by atoms with E-state index in [1.165, 1.54) is 19.8 Å². The summed E-state index contributed by atoms with van der Waals surface area (Å²) in [6.45, 7) is 0.353. The standard InChI is InChI=1S/C20H20N2O3S/c1-24-16-9-6-10-17(25-2)19(16)20(23)21-12-15-13-26-18(22-15)11-14-7-4-3-5-8-14/h3-10,13H,11-12H2,1-2H3,(H,21,23). The number of aromatic nitrogens is 1. The van der Waals surface area contributed by atoms with Crippen molar-refractivity contribution in [3.8, 4) is 11.5 Å². The van der Waals surface area contributed by atoms with Crippen LogP contribution in [0.1, 0.15) is 26.6 Å². The maximum absolute atomic E-state index is 12.6. The van der Waals surface area contributed by atoms with Gasteiger partial charge in [0.2, 0.25) is 0 Å². The lowest BCUT2D eigenvalue weighted by Gasteiger charge is -2.12. The van der Waals surface area contributed by atoms with Gasteiger partial charge in [0.05, 0.1) is 31.5 Å². The summed E-state index contributed by atoms with van der Waals surface area (Å²) in [5.74, 6) is 0.701. The molecule has 3 aromatic rings. The van der Waals surface area contributed by atoms with Crippen molar-refractivity contribution in [1.29, 1.82) is 0 Å². The van der Waals surface area contributed by atoms with E-state index in [-0.39, 0.29) is 5.91 Å². The molecule has 0 aliphatic carbocycles. The number of thiazole rings is 1. The molecule has 5 nitrogen and oxygen atoms in total. The lowest BCUT2D eigenvalue weighted by atomic mass is 10.1. The Morgan fingerprint density at radius 1 is 1.04 bits per heavy atom. The molecule has 3 rings (SSSR count). The highest BCUT2D eigenvalue weighted by Gasteiger charge is 2.18. The number of benzene rings is 2. The highest BCUT2D eigenvalue weighted by molar-refractivity contribution is 7.09. The Morgan fingerprint density at radius 2 is 1.73 bits per heavy atom. The summed E-state index contributed by atoms with van der Waals surface area (Å²) in [5, 5.41) is 5.88. The van der Waals surface area contributed by atoms with Crippen molar-refractivity contribution in [2.24, 2.45) is 0 Å². The first-order chi connectivity index (χ1) is 12.7. The van der Waals surface area contributed by atoms with Crippen LogP contribution in [0.25, 0.3) is 0 Å². The third-order valence-corrected chi connectivity index (χ3v) is 4.78. The largest absolute Gasteiger partial charge is 0.496 e. The maximum atomic E-state index is 12.6. The first kappa shape index (κ1) is 17.9. The molecule has 26 heavy (non-hydrogen) atoms. The van der Waals surface area contributed by atoms with Crippen molar-refractivity contribution in [2.75, 3.05) is 14.2 Å². The Balaban J connectivity index is 1.66. The molecule has 0 radical (unpaired) electrons. The number of methoxy groups -OCH3 is 2. The van der Waals surface area contributed by atoms with Gasteiger partial charge in [-0.3, -0.25) is 4.79 Å². The van der Waals surface area contributed by atoms with Gasteiger partial charge in [0.25, 0.3) is 5.91 Å². The van der Waals surface area contributed by atoms with Crippen molar-refractivity contribution in [3.63, 3.8) is 0 Å². The molecule has 1 N–H and O–H groups in total. The summed E-state index contributed by atoms with van der Waals surface area (Å²) < 4.78 is 10.6. The van der Waals surface area contributed by atoms with Crippen LogP contribution in [0, 0.1) is 0 Å². The van der Waals surface area contributed by atoms with Crippen LogP contribution in [0.5, 0.6) is 11.5 Å². The lowest BCUT2D eigenvalue weighted by Crippen LogP contribution is -2.24. The number of hydrogen-bond acceptors (Lipinski definition) is 5. The van der Waals surface area contributed by atoms with Crippen LogP contribution in [0.3, 0.4) is 0 Å². The molecule has 0 aliphatic heterocycles. The molecule has 0 atom stereocenters. The van der Waals surface area contributed by atoms with Gasteiger partial charge in [-0.05, 0) is 17.7 Å². The van der Waals surface area contributed by atoms with Gasteiger partial charge in [-0.1, -0.05) is 36.4 Å². The Kier molecular flexibility index (Phi) is 5.86. The molecular weight excluding hydrogens is 348 g/mol. The Hall–Kier alpha value is -2.86. The fourth-order valence-electron chi connectivity index (χ4n) is 2.62. The molecule has 0 unspecified atom stereocenters. The Bertz CT molecular complexity index is 856. The van der Waals surface area contributed by atoms with Crippen LogP contribution < -0.4 is 14.8 Å². The summed E-state index contributed by atoms with van der Waals surface area (Å²) in [6, 6.07) is 15.4. The smallest absolute Gasteiger partial charge is 0.259 e. The summed E-state index contributed by atoms with van der Waals surface area (Å²) in [6.07, 6.45) is 0.791. The van der Waals surface area contributed by atoms with Gasteiger partial charge in [0, 0.05) is 11.8 Å². The average Bonchev–Trinajstić information content (AvgIpc) is 3.13. The molecule has 1 heterocycles. The van der Waals surface area contributed by atoms with Gasteiger partial charge in [-0.15, -0.1) is 11.3 Å². The molecule has 6 heteroatoms. The monoisotopic (exact) mass is 368 g/mol. The summed E-state index contributed by atoms with van der Waals surface area (Å²) >= 11 is 1.60. The fraction of sp³-hybridized carbons (Fsp3) is 0.200. The zero-order valence-electron chi connectivity index (χ0n) is 14.7. The van der Waals surface area contributed by atoms with Gasteiger partial charge in [0.1, 0.15) is 17.1 Å². The minimum absolute atomic E-state index is 0.253. The molecule has 0 spiro atoms. The zero-order chi connectivity index (χ0) is 18.4. The van der Waals surface area contributed by atoms with Gasteiger partial charge < -0.3 is 14.8 Å². The summed E-state index contributed by atoms with van der Waals surface area (Å²) in [4.78, 5) is 17.2. The second-order valence-corrected chi connectivity index (χ2v) is 6.56. The number of nitrogens with zero attached hydrogens (tertiary/aromatic N) is 1. The van der Waals surface area contributed by atoms with E-state index < -0.39 is 0 Å². The molecule has 0 bridgehead atoms. The van der Waals surface area contributed by atoms with Crippen molar-refractivity contribution >= 4 is 17.2 Å². The van der Waals surface area contributed by atoms with Gasteiger partial charge >= 0.3 is 0 Å². The van der Waals surface area contributed by atoms with E-state index in [0.29, 0.717) is 23.6 Å².